The van der Waals surface area contributed by atoms with Gasteiger partial charge < -0.3 is 9.84 Å². The largest absolute Gasteiger partial charge is 0.497 e. The zero-order chi connectivity index (χ0) is 12.0. The first kappa shape index (κ1) is 12.6. The Morgan fingerprint density at radius 3 is 2.88 bits per heavy atom. The summed E-state index contributed by atoms with van der Waals surface area (Å²) in [4.78, 5) is 10.3. The molecule has 0 aliphatic carbocycles. The highest BCUT2D eigenvalue weighted by Crippen LogP contribution is 2.23. The summed E-state index contributed by atoms with van der Waals surface area (Å²) in [5.41, 5.74) is 0.854. The van der Waals surface area contributed by atoms with Crippen LogP contribution in [-0.2, 0) is 4.79 Å². The van der Waals surface area contributed by atoms with E-state index in [1.54, 1.807) is 19.3 Å². The van der Waals surface area contributed by atoms with Crippen LogP contribution in [0.25, 0.3) is 6.08 Å². The lowest BCUT2D eigenvalue weighted by Crippen LogP contribution is -1.91. The third-order valence-corrected chi connectivity index (χ3v) is 2.36. The zero-order valence-electron chi connectivity index (χ0n) is 8.94. The molecule has 1 aromatic rings. The van der Waals surface area contributed by atoms with E-state index in [4.69, 9.17) is 21.4 Å². The third kappa shape index (κ3) is 3.95. The molecular weight excluding hydrogens is 228 g/mol. The maximum atomic E-state index is 10.3. The number of methoxy groups -OCH3 is 1. The Morgan fingerprint density at radius 2 is 2.31 bits per heavy atom. The van der Waals surface area contributed by atoms with Gasteiger partial charge >= 0.3 is 5.97 Å². The van der Waals surface area contributed by atoms with Gasteiger partial charge in [0, 0.05) is 6.42 Å². The molecule has 0 aliphatic rings. The van der Waals surface area contributed by atoms with Crippen molar-refractivity contribution in [1.82, 2.24) is 0 Å². The molecule has 0 aliphatic heterocycles. The molecule has 0 unspecified atom stereocenters. The van der Waals surface area contributed by atoms with Gasteiger partial charge in [-0.1, -0.05) is 23.8 Å². The fourth-order valence-electron chi connectivity index (χ4n) is 1.19. The Balaban J connectivity index is 2.63. The van der Waals surface area contributed by atoms with E-state index in [2.05, 4.69) is 0 Å². The molecule has 0 bridgehead atoms. The van der Waals surface area contributed by atoms with Gasteiger partial charge in [-0.25, -0.2) is 0 Å². The molecule has 4 heteroatoms. The lowest BCUT2D eigenvalue weighted by molar-refractivity contribution is -0.136. The molecule has 0 aromatic heterocycles. The average molecular weight is 241 g/mol. The van der Waals surface area contributed by atoms with Crippen LogP contribution in [0.5, 0.6) is 5.75 Å². The van der Waals surface area contributed by atoms with E-state index in [-0.39, 0.29) is 6.42 Å². The van der Waals surface area contributed by atoms with Gasteiger partial charge in [-0.2, -0.15) is 0 Å². The minimum atomic E-state index is -0.800. The van der Waals surface area contributed by atoms with Crippen molar-refractivity contribution < 1.29 is 14.6 Å². The number of ether oxygens (including phenoxy) is 1. The van der Waals surface area contributed by atoms with Gasteiger partial charge in [-0.05, 0) is 30.2 Å². The Morgan fingerprint density at radius 1 is 1.56 bits per heavy atom. The summed E-state index contributed by atoms with van der Waals surface area (Å²) in [5, 5.41) is 9.05. The van der Waals surface area contributed by atoms with E-state index in [9.17, 15) is 4.79 Å². The van der Waals surface area contributed by atoms with Crippen LogP contribution in [0.4, 0.5) is 0 Å². The van der Waals surface area contributed by atoms with Crippen LogP contribution in [0.1, 0.15) is 18.4 Å². The number of benzene rings is 1. The number of aliphatic carboxylic acids is 1. The van der Waals surface area contributed by atoms with Crippen LogP contribution in [0.3, 0.4) is 0 Å². The number of allylic oxidation sites excluding steroid dienone is 1. The van der Waals surface area contributed by atoms with E-state index in [0.717, 1.165) is 5.56 Å². The van der Waals surface area contributed by atoms with Crippen molar-refractivity contribution in [3.63, 3.8) is 0 Å². The molecule has 0 atom stereocenters. The monoisotopic (exact) mass is 240 g/mol. The standard InChI is InChI=1S/C12H13ClO3/c1-16-10-7-6-9(11(13)8-10)4-2-3-5-12(14)15/h2,4,6-8H,3,5H2,1H3,(H,14,15). The first-order valence-corrected chi connectivity index (χ1v) is 5.23. The normalized spacial score (nSPS) is 10.6. The molecule has 1 rings (SSSR count). The summed E-state index contributed by atoms with van der Waals surface area (Å²) in [6, 6.07) is 5.36. The first-order chi connectivity index (χ1) is 7.63. The number of rotatable bonds is 5. The summed E-state index contributed by atoms with van der Waals surface area (Å²) in [6.45, 7) is 0. The highest BCUT2D eigenvalue weighted by Gasteiger charge is 1.99. The predicted octanol–water partition coefficient (Wildman–Crippen LogP) is 3.23. The van der Waals surface area contributed by atoms with Gasteiger partial charge in [0.1, 0.15) is 5.75 Å². The molecule has 0 fully saturated rings. The quantitative estimate of drug-likeness (QED) is 0.860. The molecule has 86 valence electrons. The summed E-state index contributed by atoms with van der Waals surface area (Å²) in [5.74, 6) is -0.0989. The molecule has 1 N–H and O–H groups in total. The van der Waals surface area contributed by atoms with Crippen LogP contribution in [0.15, 0.2) is 24.3 Å². The minimum Gasteiger partial charge on any atom is -0.497 e. The second-order valence-electron chi connectivity index (χ2n) is 3.22. The number of halogens is 1. The smallest absolute Gasteiger partial charge is 0.303 e. The lowest BCUT2D eigenvalue weighted by atomic mass is 10.2. The molecule has 16 heavy (non-hydrogen) atoms. The van der Waals surface area contributed by atoms with Crippen molar-refractivity contribution in [3.8, 4) is 5.75 Å². The average Bonchev–Trinajstić information content (AvgIpc) is 2.25. The molecule has 0 amide bonds. The SMILES string of the molecule is COc1ccc(C=CCCC(=O)O)c(Cl)c1. The van der Waals surface area contributed by atoms with Gasteiger partial charge in [0.05, 0.1) is 12.1 Å². The summed E-state index contributed by atoms with van der Waals surface area (Å²) < 4.78 is 5.02. The molecule has 0 saturated heterocycles. The van der Waals surface area contributed by atoms with E-state index < -0.39 is 5.97 Å². The van der Waals surface area contributed by atoms with Gasteiger partial charge in [-0.3, -0.25) is 4.79 Å². The van der Waals surface area contributed by atoms with E-state index in [0.29, 0.717) is 17.2 Å². The van der Waals surface area contributed by atoms with Gasteiger partial charge in [0.25, 0.3) is 0 Å². The number of carboxylic acids is 1. The van der Waals surface area contributed by atoms with Crippen LogP contribution >= 0.6 is 11.6 Å². The first-order valence-electron chi connectivity index (χ1n) is 4.85. The number of carbonyl (C=O) groups is 1. The van der Waals surface area contributed by atoms with Gasteiger partial charge in [-0.15, -0.1) is 0 Å². The van der Waals surface area contributed by atoms with Crippen molar-refractivity contribution in [2.24, 2.45) is 0 Å². The Hall–Kier alpha value is -1.48. The van der Waals surface area contributed by atoms with Crippen molar-refractivity contribution in [1.29, 1.82) is 0 Å². The molecule has 0 saturated carbocycles. The fourth-order valence-corrected chi connectivity index (χ4v) is 1.42. The zero-order valence-corrected chi connectivity index (χ0v) is 9.70. The molecular formula is C12H13ClO3. The Bertz CT molecular complexity index is 399. The maximum Gasteiger partial charge on any atom is 0.303 e. The third-order valence-electron chi connectivity index (χ3n) is 2.03. The predicted molar refractivity (Wildman–Crippen MR) is 63.9 cm³/mol. The molecule has 3 nitrogen and oxygen atoms in total. The van der Waals surface area contributed by atoms with Crippen LogP contribution in [-0.4, -0.2) is 18.2 Å². The van der Waals surface area contributed by atoms with Crippen LogP contribution < -0.4 is 4.74 Å². The number of carboxylic acid groups (broad SMARTS) is 1. The van der Waals surface area contributed by atoms with E-state index in [1.807, 2.05) is 18.2 Å². The molecule has 0 spiro atoms. The maximum absolute atomic E-state index is 10.3. The summed E-state index contributed by atoms with van der Waals surface area (Å²) in [6.07, 6.45) is 4.23. The van der Waals surface area contributed by atoms with E-state index in [1.165, 1.54) is 0 Å². The molecule has 0 heterocycles. The highest BCUT2D eigenvalue weighted by atomic mass is 35.5. The minimum absolute atomic E-state index is 0.129. The number of hydrogen-bond donors (Lipinski definition) is 1. The van der Waals surface area contributed by atoms with Crippen molar-refractivity contribution in [2.75, 3.05) is 7.11 Å². The lowest BCUT2D eigenvalue weighted by Gasteiger charge is -2.02. The van der Waals surface area contributed by atoms with Crippen molar-refractivity contribution in [2.45, 2.75) is 12.8 Å². The van der Waals surface area contributed by atoms with Crippen molar-refractivity contribution >= 4 is 23.6 Å². The van der Waals surface area contributed by atoms with E-state index >= 15 is 0 Å². The Kier molecular flexibility index (Phi) is 4.86. The fraction of sp³-hybridized carbons (Fsp3) is 0.250. The molecule has 1 aromatic carbocycles. The van der Waals surface area contributed by atoms with Gasteiger partial charge in [0.2, 0.25) is 0 Å². The summed E-state index contributed by atoms with van der Waals surface area (Å²) >= 11 is 6.00. The number of hydrogen-bond acceptors (Lipinski definition) is 2. The van der Waals surface area contributed by atoms with Crippen molar-refractivity contribution in [3.05, 3.63) is 34.9 Å². The van der Waals surface area contributed by atoms with Gasteiger partial charge in [0.15, 0.2) is 0 Å². The van der Waals surface area contributed by atoms with Crippen LogP contribution in [0, 0.1) is 0 Å². The topological polar surface area (TPSA) is 46.5 Å². The second kappa shape index (κ2) is 6.18. The summed E-state index contributed by atoms with van der Waals surface area (Å²) in [7, 11) is 1.58. The Labute approximate surface area is 99.3 Å². The second-order valence-corrected chi connectivity index (χ2v) is 3.63. The van der Waals surface area contributed by atoms with Crippen LogP contribution in [0.2, 0.25) is 5.02 Å². The highest BCUT2D eigenvalue weighted by molar-refractivity contribution is 6.32. The molecule has 0 radical (unpaired) electrons.